The highest BCUT2D eigenvalue weighted by atomic mass is 16.5. The van der Waals surface area contributed by atoms with Crippen molar-refractivity contribution in [1.82, 2.24) is 15.2 Å². The zero-order chi connectivity index (χ0) is 10.7. The Morgan fingerprint density at radius 3 is 3.07 bits per heavy atom. The number of allylic oxidation sites excluding steroid dienone is 1. The minimum Gasteiger partial charge on any atom is -0.496 e. The van der Waals surface area contributed by atoms with E-state index in [1.165, 1.54) is 0 Å². The van der Waals surface area contributed by atoms with Crippen molar-refractivity contribution in [3.8, 4) is 0 Å². The standard InChI is InChI=1S/C10H16N4O/c1-14-7-8(6-12-14)10(13-11)9-4-2-3-5-15-9/h4,6-7,10,13H,2-3,5,11H2,1H3. The molecule has 15 heavy (non-hydrogen) atoms. The van der Waals surface area contributed by atoms with Crippen LogP contribution in [0.3, 0.4) is 0 Å². The molecule has 1 aromatic heterocycles. The molecule has 1 aromatic rings. The Morgan fingerprint density at radius 1 is 1.67 bits per heavy atom. The molecule has 0 fully saturated rings. The molecule has 1 aliphatic rings. The molecule has 2 heterocycles. The van der Waals surface area contributed by atoms with Gasteiger partial charge in [0.25, 0.3) is 0 Å². The summed E-state index contributed by atoms with van der Waals surface area (Å²) >= 11 is 0. The zero-order valence-electron chi connectivity index (χ0n) is 8.81. The van der Waals surface area contributed by atoms with Gasteiger partial charge in [-0.15, -0.1) is 0 Å². The molecule has 0 aromatic carbocycles. The maximum absolute atomic E-state index is 5.58. The number of aryl methyl sites for hydroxylation is 1. The molecule has 0 saturated carbocycles. The molecule has 1 atom stereocenters. The fraction of sp³-hybridized carbons (Fsp3) is 0.500. The number of rotatable bonds is 3. The number of hydrazine groups is 1. The van der Waals surface area contributed by atoms with Crippen LogP contribution in [0.1, 0.15) is 24.4 Å². The molecule has 3 N–H and O–H groups in total. The molecule has 1 unspecified atom stereocenters. The molecule has 5 heteroatoms. The van der Waals surface area contributed by atoms with E-state index in [0.29, 0.717) is 0 Å². The Bertz CT molecular complexity index is 358. The van der Waals surface area contributed by atoms with Crippen LogP contribution in [-0.4, -0.2) is 16.4 Å². The Labute approximate surface area is 88.9 Å². The van der Waals surface area contributed by atoms with Crippen molar-refractivity contribution in [2.75, 3.05) is 6.61 Å². The average molecular weight is 208 g/mol. The van der Waals surface area contributed by atoms with Gasteiger partial charge in [-0.1, -0.05) is 0 Å². The Kier molecular flexibility index (Phi) is 3.03. The van der Waals surface area contributed by atoms with Crippen LogP contribution >= 0.6 is 0 Å². The quantitative estimate of drug-likeness (QED) is 0.564. The van der Waals surface area contributed by atoms with E-state index < -0.39 is 0 Å². The summed E-state index contributed by atoms with van der Waals surface area (Å²) in [6.07, 6.45) is 7.94. The van der Waals surface area contributed by atoms with E-state index in [1.807, 2.05) is 13.2 Å². The van der Waals surface area contributed by atoms with Gasteiger partial charge >= 0.3 is 0 Å². The van der Waals surface area contributed by atoms with Crippen LogP contribution in [0.25, 0.3) is 0 Å². The third kappa shape index (κ3) is 2.19. The molecule has 82 valence electrons. The van der Waals surface area contributed by atoms with Crippen LogP contribution in [0.4, 0.5) is 0 Å². The lowest BCUT2D eigenvalue weighted by Crippen LogP contribution is -2.30. The van der Waals surface area contributed by atoms with E-state index in [0.717, 1.165) is 30.8 Å². The van der Waals surface area contributed by atoms with Crippen LogP contribution < -0.4 is 11.3 Å². The number of nitrogens with two attached hydrogens (primary N) is 1. The van der Waals surface area contributed by atoms with E-state index in [-0.39, 0.29) is 6.04 Å². The lowest BCUT2D eigenvalue weighted by molar-refractivity contribution is 0.168. The summed E-state index contributed by atoms with van der Waals surface area (Å²) in [6.45, 7) is 0.768. The SMILES string of the molecule is Cn1cc(C(NN)C2=CCCCO2)cn1. The van der Waals surface area contributed by atoms with Crippen LogP contribution in [0.5, 0.6) is 0 Å². The summed E-state index contributed by atoms with van der Waals surface area (Å²) in [5.74, 6) is 6.44. The Hall–Kier alpha value is -1.33. The highest BCUT2D eigenvalue weighted by Crippen LogP contribution is 2.24. The predicted molar refractivity (Wildman–Crippen MR) is 56.5 cm³/mol. The zero-order valence-corrected chi connectivity index (χ0v) is 8.81. The fourth-order valence-electron chi connectivity index (χ4n) is 1.71. The predicted octanol–water partition coefficient (Wildman–Crippen LogP) is 0.619. The number of nitrogens with one attached hydrogen (secondary N) is 1. The number of nitrogens with zero attached hydrogens (tertiary/aromatic N) is 2. The van der Waals surface area contributed by atoms with E-state index in [1.54, 1.807) is 10.9 Å². The van der Waals surface area contributed by atoms with Crippen LogP contribution in [-0.2, 0) is 11.8 Å². The van der Waals surface area contributed by atoms with E-state index in [2.05, 4.69) is 16.6 Å². The average Bonchev–Trinajstić information content (AvgIpc) is 2.68. The summed E-state index contributed by atoms with van der Waals surface area (Å²) < 4.78 is 7.33. The normalized spacial score (nSPS) is 18.1. The Morgan fingerprint density at radius 2 is 2.53 bits per heavy atom. The first-order chi connectivity index (χ1) is 7.31. The van der Waals surface area contributed by atoms with Gasteiger partial charge < -0.3 is 4.74 Å². The van der Waals surface area contributed by atoms with Crippen molar-refractivity contribution in [2.45, 2.75) is 18.9 Å². The largest absolute Gasteiger partial charge is 0.496 e. The summed E-state index contributed by atoms with van der Waals surface area (Å²) in [4.78, 5) is 0. The monoisotopic (exact) mass is 208 g/mol. The van der Waals surface area contributed by atoms with Crippen molar-refractivity contribution >= 4 is 0 Å². The van der Waals surface area contributed by atoms with E-state index in [9.17, 15) is 0 Å². The molecular weight excluding hydrogens is 192 g/mol. The molecule has 2 rings (SSSR count). The third-order valence-electron chi connectivity index (χ3n) is 2.47. The minimum atomic E-state index is -0.0843. The number of aromatic nitrogens is 2. The lowest BCUT2D eigenvalue weighted by atomic mass is 10.1. The van der Waals surface area contributed by atoms with Crippen LogP contribution in [0.2, 0.25) is 0 Å². The van der Waals surface area contributed by atoms with Crippen LogP contribution in [0.15, 0.2) is 24.2 Å². The third-order valence-corrected chi connectivity index (χ3v) is 2.47. The highest BCUT2D eigenvalue weighted by Gasteiger charge is 2.19. The fourth-order valence-corrected chi connectivity index (χ4v) is 1.71. The topological polar surface area (TPSA) is 65.1 Å². The molecule has 0 saturated heterocycles. The maximum Gasteiger partial charge on any atom is 0.115 e. The first-order valence-electron chi connectivity index (χ1n) is 5.09. The number of hydrogen-bond acceptors (Lipinski definition) is 4. The van der Waals surface area contributed by atoms with Crippen molar-refractivity contribution in [3.63, 3.8) is 0 Å². The van der Waals surface area contributed by atoms with Gasteiger partial charge in [-0.2, -0.15) is 5.10 Å². The van der Waals surface area contributed by atoms with Gasteiger partial charge in [-0.25, -0.2) is 5.43 Å². The summed E-state index contributed by atoms with van der Waals surface area (Å²) in [5, 5.41) is 4.12. The molecule has 0 aliphatic carbocycles. The first kappa shape index (κ1) is 10.2. The van der Waals surface area contributed by atoms with E-state index in [4.69, 9.17) is 10.6 Å². The van der Waals surface area contributed by atoms with Gasteiger partial charge in [0.1, 0.15) is 11.8 Å². The molecule has 1 aliphatic heterocycles. The smallest absolute Gasteiger partial charge is 0.115 e. The van der Waals surface area contributed by atoms with Gasteiger partial charge in [0.15, 0.2) is 0 Å². The van der Waals surface area contributed by atoms with Gasteiger partial charge in [0, 0.05) is 18.8 Å². The lowest BCUT2D eigenvalue weighted by Gasteiger charge is -2.22. The van der Waals surface area contributed by atoms with Gasteiger partial charge in [0.2, 0.25) is 0 Å². The molecule has 0 radical (unpaired) electrons. The second-order valence-corrected chi connectivity index (χ2v) is 3.64. The summed E-state index contributed by atoms with van der Waals surface area (Å²) in [6, 6.07) is -0.0843. The van der Waals surface area contributed by atoms with E-state index >= 15 is 0 Å². The van der Waals surface area contributed by atoms with Crippen molar-refractivity contribution in [1.29, 1.82) is 0 Å². The Balaban J connectivity index is 2.19. The van der Waals surface area contributed by atoms with Gasteiger partial charge in [0.05, 0.1) is 12.8 Å². The second-order valence-electron chi connectivity index (χ2n) is 3.64. The first-order valence-corrected chi connectivity index (χ1v) is 5.09. The summed E-state index contributed by atoms with van der Waals surface area (Å²) in [5.41, 5.74) is 3.78. The minimum absolute atomic E-state index is 0.0843. The molecule has 0 bridgehead atoms. The maximum atomic E-state index is 5.58. The number of ether oxygens (including phenoxy) is 1. The van der Waals surface area contributed by atoms with Crippen molar-refractivity contribution in [3.05, 3.63) is 29.8 Å². The molecular formula is C10H16N4O. The van der Waals surface area contributed by atoms with Gasteiger partial charge in [-0.05, 0) is 18.9 Å². The molecule has 0 amide bonds. The summed E-state index contributed by atoms with van der Waals surface area (Å²) in [7, 11) is 1.88. The van der Waals surface area contributed by atoms with Gasteiger partial charge in [-0.3, -0.25) is 10.5 Å². The van der Waals surface area contributed by atoms with Crippen LogP contribution in [0, 0.1) is 0 Å². The highest BCUT2D eigenvalue weighted by molar-refractivity contribution is 5.21. The second kappa shape index (κ2) is 4.46. The number of hydrogen-bond donors (Lipinski definition) is 2. The van der Waals surface area contributed by atoms with Crippen molar-refractivity contribution < 1.29 is 4.74 Å². The molecule has 0 spiro atoms. The van der Waals surface area contributed by atoms with Crippen molar-refractivity contribution in [2.24, 2.45) is 12.9 Å². The molecule has 5 nitrogen and oxygen atoms in total.